The first kappa shape index (κ1) is 18.8. The minimum atomic E-state index is 0. The van der Waals surface area contributed by atoms with E-state index in [-0.39, 0.29) is 17.0 Å². The Morgan fingerprint density at radius 3 is 1.75 bits per heavy atom. The predicted octanol–water partition coefficient (Wildman–Crippen LogP) is 1.23. The maximum atomic E-state index is 2.32. The van der Waals surface area contributed by atoms with Gasteiger partial charge < -0.3 is 21.5 Å². The van der Waals surface area contributed by atoms with Crippen molar-refractivity contribution in [2.75, 3.05) is 21.1 Å². The standard InChI is InChI=1S/C14H32N.BrH/c1-6-8-9-10-11-12-13-14(7-2)15(3,4)5;/h14H,6-13H2,1-5H3;1H/q+1;/p-1. The molecule has 0 aromatic heterocycles. The second-order valence-electron chi connectivity index (χ2n) is 5.73. The summed E-state index contributed by atoms with van der Waals surface area (Å²) in [7, 11) is 6.97. The Kier molecular flexibility index (Phi) is 12.4. The molecule has 0 fully saturated rings. The number of halogens is 1. The number of quaternary nitrogens is 1. The summed E-state index contributed by atoms with van der Waals surface area (Å²) >= 11 is 0. The molecule has 16 heavy (non-hydrogen) atoms. The molecule has 1 unspecified atom stereocenters. The molecular weight excluding hydrogens is 262 g/mol. The summed E-state index contributed by atoms with van der Waals surface area (Å²) in [6.45, 7) is 4.61. The van der Waals surface area contributed by atoms with Crippen LogP contribution in [0.15, 0.2) is 0 Å². The summed E-state index contributed by atoms with van der Waals surface area (Å²) in [5.74, 6) is 0. The third-order valence-corrected chi connectivity index (χ3v) is 3.46. The van der Waals surface area contributed by atoms with Crippen molar-refractivity contribution in [1.29, 1.82) is 0 Å². The maximum absolute atomic E-state index is 2.32. The monoisotopic (exact) mass is 293 g/mol. The molecule has 0 aliphatic rings. The fourth-order valence-electron chi connectivity index (χ4n) is 2.30. The molecular formula is C14H32BrN. The van der Waals surface area contributed by atoms with E-state index in [1.807, 2.05) is 0 Å². The van der Waals surface area contributed by atoms with Crippen LogP contribution < -0.4 is 17.0 Å². The summed E-state index contributed by atoms with van der Waals surface area (Å²) in [4.78, 5) is 0. The first-order valence-electron chi connectivity index (χ1n) is 6.83. The molecule has 1 atom stereocenters. The van der Waals surface area contributed by atoms with E-state index in [4.69, 9.17) is 0 Å². The molecule has 0 saturated carbocycles. The van der Waals surface area contributed by atoms with Crippen LogP contribution in [0.3, 0.4) is 0 Å². The SMILES string of the molecule is CCCCCCCCC(CC)[N+](C)(C)C.[Br-]. The fourth-order valence-corrected chi connectivity index (χ4v) is 2.30. The lowest BCUT2D eigenvalue weighted by Gasteiger charge is -2.33. The van der Waals surface area contributed by atoms with Gasteiger partial charge in [-0.05, 0) is 19.3 Å². The Labute approximate surface area is 114 Å². The van der Waals surface area contributed by atoms with Crippen LogP contribution >= 0.6 is 0 Å². The largest absolute Gasteiger partial charge is 1.00 e. The molecule has 0 aliphatic carbocycles. The molecule has 0 heterocycles. The summed E-state index contributed by atoms with van der Waals surface area (Å²) in [6.07, 6.45) is 11.3. The fraction of sp³-hybridized carbons (Fsp3) is 1.00. The van der Waals surface area contributed by atoms with E-state index in [1.165, 1.54) is 51.4 Å². The lowest BCUT2D eigenvalue weighted by molar-refractivity contribution is -0.896. The van der Waals surface area contributed by atoms with Gasteiger partial charge in [-0.2, -0.15) is 0 Å². The van der Waals surface area contributed by atoms with Gasteiger partial charge in [0.1, 0.15) is 0 Å². The first-order valence-corrected chi connectivity index (χ1v) is 6.83. The number of rotatable bonds is 9. The third-order valence-electron chi connectivity index (χ3n) is 3.46. The molecule has 0 aromatic rings. The molecule has 0 rings (SSSR count). The summed E-state index contributed by atoms with van der Waals surface area (Å²) < 4.78 is 1.13. The van der Waals surface area contributed by atoms with Crippen molar-refractivity contribution < 1.29 is 21.5 Å². The summed E-state index contributed by atoms with van der Waals surface area (Å²) in [6, 6.07) is 0.858. The average molecular weight is 294 g/mol. The first-order chi connectivity index (χ1) is 7.02. The highest BCUT2D eigenvalue weighted by Gasteiger charge is 2.20. The van der Waals surface area contributed by atoms with Crippen LogP contribution in [0.1, 0.15) is 65.2 Å². The van der Waals surface area contributed by atoms with Crippen LogP contribution in [0.4, 0.5) is 0 Å². The van der Waals surface area contributed by atoms with E-state index in [2.05, 4.69) is 35.0 Å². The van der Waals surface area contributed by atoms with Crippen molar-refractivity contribution in [3.63, 3.8) is 0 Å². The van der Waals surface area contributed by atoms with Gasteiger partial charge in [0, 0.05) is 0 Å². The number of unbranched alkanes of at least 4 members (excludes halogenated alkanes) is 5. The van der Waals surface area contributed by atoms with Gasteiger partial charge in [-0.15, -0.1) is 0 Å². The molecule has 0 spiro atoms. The van der Waals surface area contributed by atoms with Gasteiger partial charge in [-0.3, -0.25) is 0 Å². The lowest BCUT2D eigenvalue weighted by atomic mass is 10.0. The third kappa shape index (κ3) is 9.65. The van der Waals surface area contributed by atoms with Crippen LogP contribution in [-0.2, 0) is 0 Å². The van der Waals surface area contributed by atoms with Gasteiger partial charge in [-0.1, -0.05) is 46.0 Å². The van der Waals surface area contributed by atoms with Gasteiger partial charge in [-0.25, -0.2) is 0 Å². The Morgan fingerprint density at radius 1 is 0.812 bits per heavy atom. The van der Waals surface area contributed by atoms with Crippen molar-refractivity contribution in [1.82, 2.24) is 0 Å². The zero-order chi connectivity index (χ0) is 11.7. The van der Waals surface area contributed by atoms with Gasteiger partial charge in [0.2, 0.25) is 0 Å². The number of nitrogens with zero attached hydrogens (tertiary/aromatic N) is 1. The highest BCUT2D eigenvalue weighted by molar-refractivity contribution is 4.56. The van der Waals surface area contributed by atoms with Gasteiger partial charge >= 0.3 is 0 Å². The second-order valence-corrected chi connectivity index (χ2v) is 5.73. The Balaban J connectivity index is 0. The predicted molar refractivity (Wildman–Crippen MR) is 70.1 cm³/mol. The van der Waals surface area contributed by atoms with Crippen LogP contribution in [-0.4, -0.2) is 31.7 Å². The van der Waals surface area contributed by atoms with Crippen LogP contribution in [0.2, 0.25) is 0 Å². The molecule has 0 aromatic carbocycles. The molecule has 2 heteroatoms. The quantitative estimate of drug-likeness (QED) is 0.443. The zero-order valence-corrected chi connectivity index (χ0v) is 13.6. The molecule has 0 amide bonds. The maximum Gasteiger partial charge on any atom is 0.0881 e. The molecule has 0 aliphatic heterocycles. The van der Waals surface area contributed by atoms with Crippen molar-refractivity contribution in [2.45, 2.75) is 71.3 Å². The normalized spacial score (nSPS) is 13.3. The van der Waals surface area contributed by atoms with Gasteiger partial charge in [0.05, 0.1) is 27.2 Å². The Morgan fingerprint density at radius 2 is 1.31 bits per heavy atom. The van der Waals surface area contributed by atoms with E-state index in [9.17, 15) is 0 Å². The summed E-state index contributed by atoms with van der Waals surface area (Å²) in [5, 5.41) is 0. The minimum absolute atomic E-state index is 0. The van der Waals surface area contributed by atoms with E-state index in [0.717, 1.165) is 10.5 Å². The average Bonchev–Trinajstić information content (AvgIpc) is 2.15. The zero-order valence-electron chi connectivity index (χ0n) is 12.1. The molecule has 0 bridgehead atoms. The van der Waals surface area contributed by atoms with Crippen molar-refractivity contribution in [2.24, 2.45) is 0 Å². The minimum Gasteiger partial charge on any atom is -1.00 e. The topological polar surface area (TPSA) is 0 Å². The van der Waals surface area contributed by atoms with E-state index >= 15 is 0 Å². The highest BCUT2D eigenvalue weighted by Crippen LogP contribution is 2.16. The molecule has 100 valence electrons. The van der Waals surface area contributed by atoms with Crippen molar-refractivity contribution >= 4 is 0 Å². The molecule has 0 N–H and O–H groups in total. The lowest BCUT2D eigenvalue weighted by Crippen LogP contribution is -3.00. The smallest absolute Gasteiger partial charge is 0.0881 e. The van der Waals surface area contributed by atoms with Crippen LogP contribution in [0, 0.1) is 0 Å². The van der Waals surface area contributed by atoms with E-state index in [0.29, 0.717) is 0 Å². The second kappa shape index (κ2) is 10.6. The summed E-state index contributed by atoms with van der Waals surface area (Å²) in [5.41, 5.74) is 0. The van der Waals surface area contributed by atoms with Crippen LogP contribution in [0.25, 0.3) is 0 Å². The van der Waals surface area contributed by atoms with Crippen LogP contribution in [0.5, 0.6) is 0 Å². The van der Waals surface area contributed by atoms with E-state index in [1.54, 1.807) is 0 Å². The van der Waals surface area contributed by atoms with E-state index < -0.39 is 0 Å². The van der Waals surface area contributed by atoms with Crippen molar-refractivity contribution in [3.05, 3.63) is 0 Å². The number of hydrogen-bond acceptors (Lipinski definition) is 0. The highest BCUT2D eigenvalue weighted by atomic mass is 79.9. The molecule has 0 saturated heterocycles. The Bertz CT molecular complexity index is 140. The Hall–Kier alpha value is 0.440. The molecule has 0 radical (unpaired) electrons. The van der Waals surface area contributed by atoms with Gasteiger partial charge in [0.25, 0.3) is 0 Å². The van der Waals surface area contributed by atoms with Gasteiger partial charge in [0.15, 0.2) is 0 Å². The number of hydrogen-bond donors (Lipinski definition) is 0. The van der Waals surface area contributed by atoms with Crippen molar-refractivity contribution in [3.8, 4) is 0 Å². The molecule has 1 nitrogen and oxygen atoms in total.